The third-order valence-electron chi connectivity index (χ3n) is 1.69. The Kier molecular flexibility index (Phi) is 4.49. The fourth-order valence-corrected chi connectivity index (χ4v) is 1.39. The Morgan fingerprint density at radius 3 is 2.46 bits per heavy atom. The zero-order valence-electron chi connectivity index (χ0n) is 7.96. The molecule has 0 heterocycles. The van der Waals surface area contributed by atoms with E-state index in [9.17, 15) is 0 Å². The zero-order valence-corrected chi connectivity index (χ0v) is 9.71. The van der Waals surface area contributed by atoms with E-state index in [0.717, 1.165) is 0 Å². The van der Waals surface area contributed by atoms with Crippen LogP contribution in [0.3, 0.4) is 0 Å². The van der Waals surface area contributed by atoms with Gasteiger partial charge in [0.05, 0.1) is 15.4 Å². The molecule has 3 heteroatoms. The molecule has 1 radical (unpaired) electrons. The SMILES string of the molecule is C[Si](C)C(Cl)OCc1ccccc1. The molecule has 1 atom stereocenters. The lowest BCUT2D eigenvalue weighted by Crippen LogP contribution is -2.21. The second-order valence-corrected chi connectivity index (χ2v) is 6.63. The van der Waals surface area contributed by atoms with Crippen LogP contribution >= 0.6 is 11.6 Å². The fraction of sp³-hybridized carbons (Fsp3) is 0.400. The number of alkyl halides is 1. The average molecular weight is 214 g/mol. The van der Waals surface area contributed by atoms with Crippen LogP contribution in [0.4, 0.5) is 0 Å². The van der Waals surface area contributed by atoms with Crippen LogP contribution in [0.15, 0.2) is 30.3 Å². The van der Waals surface area contributed by atoms with Gasteiger partial charge in [-0.25, -0.2) is 0 Å². The van der Waals surface area contributed by atoms with Crippen LogP contribution in [-0.2, 0) is 11.3 Å². The second kappa shape index (κ2) is 5.42. The van der Waals surface area contributed by atoms with E-state index in [0.29, 0.717) is 6.61 Å². The summed E-state index contributed by atoms with van der Waals surface area (Å²) in [5.41, 5.74) is 1.18. The van der Waals surface area contributed by atoms with Crippen molar-refractivity contribution in [1.29, 1.82) is 0 Å². The Morgan fingerprint density at radius 2 is 1.92 bits per heavy atom. The maximum atomic E-state index is 5.99. The monoisotopic (exact) mass is 213 g/mol. The number of benzene rings is 1. The first kappa shape index (κ1) is 10.8. The summed E-state index contributed by atoms with van der Waals surface area (Å²) < 4.78 is 5.50. The van der Waals surface area contributed by atoms with Gasteiger partial charge in [-0.15, -0.1) is 0 Å². The molecule has 0 aliphatic heterocycles. The maximum absolute atomic E-state index is 5.99. The van der Waals surface area contributed by atoms with E-state index in [-0.39, 0.29) is 5.19 Å². The van der Waals surface area contributed by atoms with E-state index in [1.807, 2.05) is 30.3 Å². The van der Waals surface area contributed by atoms with Gasteiger partial charge in [-0.3, -0.25) is 0 Å². The van der Waals surface area contributed by atoms with Gasteiger partial charge in [0.15, 0.2) is 0 Å². The zero-order chi connectivity index (χ0) is 9.68. The van der Waals surface area contributed by atoms with Crippen molar-refractivity contribution in [2.45, 2.75) is 24.9 Å². The standard InChI is InChI=1S/C10H14ClOSi/c1-13(2)10(11)12-8-9-6-4-3-5-7-9/h3-7,10H,8H2,1-2H3. The minimum Gasteiger partial charge on any atom is -0.362 e. The maximum Gasteiger partial charge on any atom is 0.116 e. The lowest BCUT2D eigenvalue weighted by Gasteiger charge is -2.12. The molecule has 0 saturated carbocycles. The van der Waals surface area contributed by atoms with Crippen LogP contribution in [0.2, 0.25) is 13.1 Å². The fourth-order valence-electron chi connectivity index (χ4n) is 0.910. The van der Waals surface area contributed by atoms with Crippen LogP contribution in [0.5, 0.6) is 0 Å². The highest BCUT2D eigenvalue weighted by atomic mass is 35.5. The van der Waals surface area contributed by atoms with Gasteiger partial charge >= 0.3 is 0 Å². The molecule has 0 amide bonds. The molecule has 1 rings (SSSR count). The summed E-state index contributed by atoms with van der Waals surface area (Å²) in [6, 6.07) is 10.1. The Hall–Kier alpha value is -0.313. The van der Waals surface area contributed by atoms with Crippen molar-refractivity contribution in [3.05, 3.63) is 35.9 Å². The molecule has 0 N–H and O–H groups in total. The number of halogens is 1. The molecular formula is C10H14ClOSi. The molecule has 71 valence electrons. The van der Waals surface area contributed by atoms with Crippen molar-refractivity contribution in [1.82, 2.24) is 0 Å². The van der Waals surface area contributed by atoms with Crippen molar-refractivity contribution in [3.63, 3.8) is 0 Å². The third-order valence-corrected chi connectivity index (χ3v) is 4.20. The van der Waals surface area contributed by atoms with Crippen LogP contribution < -0.4 is 0 Å². The number of hydrogen-bond acceptors (Lipinski definition) is 1. The van der Waals surface area contributed by atoms with E-state index in [1.165, 1.54) is 5.56 Å². The van der Waals surface area contributed by atoms with Crippen molar-refractivity contribution in [2.24, 2.45) is 0 Å². The first-order valence-corrected chi connectivity index (χ1v) is 7.31. The quantitative estimate of drug-likeness (QED) is 0.552. The minimum atomic E-state index is -0.539. The normalized spacial score (nSPS) is 13.2. The van der Waals surface area contributed by atoms with Gasteiger partial charge < -0.3 is 4.74 Å². The summed E-state index contributed by atoms with van der Waals surface area (Å²) in [5.74, 6) is 0. The summed E-state index contributed by atoms with van der Waals surface area (Å²) >= 11 is 5.99. The summed E-state index contributed by atoms with van der Waals surface area (Å²) in [4.78, 5) is 0. The smallest absolute Gasteiger partial charge is 0.116 e. The molecule has 0 aliphatic carbocycles. The summed E-state index contributed by atoms with van der Waals surface area (Å²) in [5, 5.41) is -0.0924. The predicted molar refractivity (Wildman–Crippen MR) is 58.4 cm³/mol. The van der Waals surface area contributed by atoms with Crippen molar-refractivity contribution < 1.29 is 4.74 Å². The molecule has 1 nitrogen and oxygen atoms in total. The Labute approximate surface area is 86.3 Å². The third kappa shape index (κ3) is 3.94. The molecule has 0 aliphatic rings. The predicted octanol–water partition coefficient (Wildman–Crippen LogP) is 3.06. The van der Waals surface area contributed by atoms with E-state index < -0.39 is 8.80 Å². The molecule has 13 heavy (non-hydrogen) atoms. The van der Waals surface area contributed by atoms with E-state index in [4.69, 9.17) is 16.3 Å². The first-order chi connectivity index (χ1) is 6.20. The van der Waals surface area contributed by atoms with Gasteiger partial charge in [-0.1, -0.05) is 55.0 Å². The molecule has 1 unspecified atom stereocenters. The largest absolute Gasteiger partial charge is 0.362 e. The molecule has 0 spiro atoms. The highest BCUT2D eigenvalue weighted by Crippen LogP contribution is 2.08. The summed E-state index contributed by atoms with van der Waals surface area (Å²) in [6.07, 6.45) is 0. The molecule has 0 bridgehead atoms. The molecule has 0 aromatic heterocycles. The summed E-state index contributed by atoms with van der Waals surface area (Å²) in [7, 11) is -0.539. The Bertz CT molecular complexity index is 238. The van der Waals surface area contributed by atoms with Gasteiger partial charge in [0.1, 0.15) is 5.19 Å². The van der Waals surface area contributed by atoms with E-state index in [2.05, 4.69) is 13.1 Å². The molecule has 0 fully saturated rings. The van der Waals surface area contributed by atoms with Crippen molar-refractivity contribution >= 4 is 20.4 Å². The average Bonchev–Trinajstić information content (AvgIpc) is 2.15. The van der Waals surface area contributed by atoms with Gasteiger partial charge in [-0.2, -0.15) is 0 Å². The van der Waals surface area contributed by atoms with E-state index in [1.54, 1.807) is 0 Å². The highest BCUT2D eigenvalue weighted by molar-refractivity contribution is 6.66. The van der Waals surface area contributed by atoms with Crippen LogP contribution in [0.1, 0.15) is 5.56 Å². The van der Waals surface area contributed by atoms with Crippen molar-refractivity contribution in [2.75, 3.05) is 0 Å². The van der Waals surface area contributed by atoms with Crippen LogP contribution in [0, 0.1) is 0 Å². The van der Waals surface area contributed by atoms with Crippen molar-refractivity contribution in [3.8, 4) is 0 Å². The molecule has 0 saturated heterocycles. The topological polar surface area (TPSA) is 9.23 Å². The number of ether oxygens (including phenoxy) is 1. The molecule has 1 aromatic carbocycles. The second-order valence-electron chi connectivity index (χ2n) is 3.19. The van der Waals surface area contributed by atoms with Gasteiger partial charge in [0.25, 0.3) is 0 Å². The Morgan fingerprint density at radius 1 is 1.31 bits per heavy atom. The summed E-state index contributed by atoms with van der Waals surface area (Å²) in [6.45, 7) is 4.91. The minimum absolute atomic E-state index is 0.0924. The first-order valence-electron chi connectivity index (χ1n) is 4.30. The Balaban J connectivity index is 2.35. The highest BCUT2D eigenvalue weighted by Gasteiger charge is 2.10. The van der Waals surface area contributed by atoms with Gasteiger partial charge in [-0.05, 0) is 5.56 Å². The molecular weight excluding hydrogens is 200 g/mol. The van der Waals surface area contributed by atoms with Gasteiger partial charge in [0, 0.05) is 0 Å². The van der Waals surface area contributed by atoms with E-state index >= 15 is 0 Å². The van der Waals surface area contributed by atoms with Crippen LogP contribution in [-0.4, -0.2) is 14.0 Å². The van der Waals surface area contributed by atoms with Gasteiger partial charge in [0.2, 0.25) is 0 Å². The number of hydrogen-bond donors (Lipinski definition) is 0. The van der Waals surface area contributed by atoms with Crippen LogP contribution in [0.25, 0.3) is 0 Å². The lowest BCUT2D eigenvalue weighted by atomic mass is 10.2. The molecule has 1 aromatic rings. The number of rotatable bonds is 4. The lowest BCUT2D eigenvalue weighted by molar-refractivity contribution is 0.136.